The summed E-state index contributed by atoms with van der Waals surface area (Å²) in [5, 5.41) is 9.01. The Morgan fingerprint density at radius 3 is 2.63 bits per heavy atom. The molecule has 27 heavy (non-hydrogen) atoms. The van der Waals surface area contributed by atoms with Crippen LogP contribution < -0.4 is 4.74 Å². The van der Waals surface area contributed by atoms with E-state index in [-0.39, 0.29) is 61.6 Å². The van der Waals surface area contributed by atoms with E-state index in [9.17, 15) is 18.0 Å². The number of imide groups is 1. The standard InChI is InChI=1S/C16H19N5O5S/c17-10-13-16(19-6-5-18-13)26-12-4-7-20(11-12)27(24,25)9-8-21-14(22)2-1-3-15(21)23/h5-6,12H,1-4,7-9,11H2. The number of nitriles is 1. The number of hydrogen-bond acceptors (Lipinski definition) is 8. The lowest BCUT2D eigenvalue weighted by Gasteiger charge is -2.25. The lowest BCUT2D eigenvalue weighted by molar-refractivity contribution is -0.147. The summed E-state index contributed by atoms with van der Waals surface area (Å²) < 4.78 is 32.0. The van der Waals surface area contributed by atoms with Gasteiger partial charge in [0.25, 0.3) is 5.88 Å². The Morgan fingerprint density at radius 1 is 1.22 bits per heavy atom. The van der Waals surface area contributed by atoms with Crippen molar-refractivity contribution in [2.75, 3.05) is 25.4 Å². The van der Waals surface area contributed by atoms with Crippen LogP contribution in [0.15, 0.2) is 12.4 Å². The van der Waals surface area contributed by atoms with Gasteiger partial charge in [-0.25, -0.2) is 18.4 Å². The molecule has 10 nitrogen and oxygen atoms in total. The molecular weight excluding hydrogens is 374 g/mol. The van der Waals surface area contributed by atoms with Gasteiger partial charge in [-0.1, -0.05) is 0 Å². The second kappa shape index (κ2) is 7.98. The van der Waals surface area contributed by atoms with Gasteiger partial charge in [-0.15, -0.1) is 0 Å². The van der Waals surface area contributed by atoms with Crippen molar-refractivity contribution in [1.29, 1.82) is 5.26 Å². The molecule has 3 rings (SSSR count). The first-order valence-corrected chi connectivity index (χ1v) is 10.2. The van der Waals surface area contributed by atoms with Gasteiger partial charge in [0.15, 0.2) is 0 Å². The van der Waals surface area contributed by atoms with E-state index >= 15 is 0 Å². The van der Waals surface area contributed by atoms with Crippen LogP contribution in [-0.4, -0.2) is 70.9 Å². The number of ether oxygens (including phenoxy) is 1. The third-order valence-electron chi connectivity index (χ3n) is 4.51. The van der Waals surface area contributed by atoms with E-state index < -0.39 is 16.1 Å². The van der Waals surface area contributed by atoms with Crippen molar-refractivity contribution in [2.24, 2.45) is 0 Å². The maximum absolute atomic E-state index is 12.6. The topological polar surface area (TPSA) is 134 Å². The van der Waals surface area contributed by atoms with Gasteiger partial charge in [0, 0.05) is 38.3 Å². The lowest BCUT2D eigenvalue weighted by Crippen LogP contribution is -2.44. The number of sulfonamides is 1. The van der Waals surface area contributed by atoms with Crippen LogP contribution in [0.5, 0.6) is 5.88 Å². The van der Waals surface area contributed by atoms with E-state index in [1.165, 1.54) is 16.7 Å². The minimum Gasteiger partial charge on any atom is -0.471 e. The fraction of sp³-hybridized carbons (Fsp3) is 0.562. The number of hydrogen-bond donors (Lipinski definition) is 0. The zero-order chi connectivity index (χ0) is 19.4. The molecule has 1 unspecified atom stereocenters. The summed E-state index contributed by atoms with van der Waals surface area (Å²) >= 11 is 0. The SMILES string of the molecule is N#Cc1nccnc1OC1CCN(S(=O)(=O)CCN2C(=O)CCCC2=O)C1. The van der Waals surface area contributed by atoms with Crippen LogP contribution >= 0.6 is 0 Å². The monoisotopic (exact) mass is 393 g/mol. The van der Waals surface area contributed by atoms with Gasteiger partial charge in [0.1, 0.15) is 12.2 Å². The van der Waals surface area contributed by atoms with Gasteiger partial charge in [-0.2, -0.15) is 9.57 Å². The Bertz CT molecular complexity index is 865. The van der Waals surface area contributed by atoms with E-state index in [0.717, 1.165) is 4.90 Å². The zero-order valence-corrected chi connectivity index (χ0v) is 15.4. The summed E-state index contributed by atoms with van der Waals surface area (Å²) in [6.07, 6.45) is 3.82. The Kier molecular flexibility index (Phi) is 5.67. The average molecular weight is 393 g/mol. The van der Waals surface area contributed by atoms with Gasteiger partial charge < -0.3 is 4.74 Å². The highest BCUT2D eigenvalue weighted by Gasteiger charge is 2.34. The molecule has 0 bridgehead atoms. The van der Waals surface area contributed by atoms with E-state index in [2.05, 4.69) is 9.97 Å². The Morgan fingerprint density at radius 2 is 1.93 bits per heavy atom. The van der Waals surface area contributed by atoms with Gasteiger partial charge >= 0.3 is 0 Å². The summed E-state index contributed by atoms with van der Waals surface area (Å²) in [6, 6.07) is 1.88. The maximum Gasteiger partial charge on any atom is 0.251 e. The number of rotatable bonds is 6. The first-order valence-electron chi connectivity index (χ1n) is 8.59. The molecule has 1 aromatic heterocycles. The smallest absolute Gasteiger partial charge is 0.251 e. The highest BCUT2D eigenvalue weighted by atomic mass is 32.2. The summed E-state index contributed by atoms with van der Waals surface area (Å²) in [7, 11) is -3.64. The Balaban J connectivity index is 1.58. The van der Waals surface area contributed by atoms with E-state index in [1.807, 2.05) is 6.07 Å². The van der Waals surface area contributed by atoms with Crippen molar-refractivity contribution in [3.05, 3.63) is 18.1 Å². The van der Waals surface area contributed by atoms with Gasteiger partial charge in [0.2, 0.25) is 27.5 Å². The van der Waals surface area contributed by atoms with Crippen LogP contribution in [0.25, 0.3) is 0 Å². The Hall–Kier alpha value is -2.58. The number of amides is 2. The molecule has 2 aliphatic heterocycles. The van der Waals surface area contributed by atoms with Gasteiger partial charge in [-0.05, 0) is 12.8 Å². The minimum absolute atomic E-state index is 0.0425. The number of carbonyl (C=O) groups is 2. The molecule has 2 amide bonds. The molecule has 0 aromatic carbocycles. The third-order valence-corrected chi connectivity index (χ3v) is 6.32. The molecule has 0 N–H and O–H groups in total. The molecule has 11 heteroatoms. The molecular formula is C16H19N5O5S. The summed E-state index contributed by atoms with van der Waals surface area (Å²) in [5.41, 5.74) is 0.0425. The summed E-state index contributed by atoms with van der Waals surface area (Å²) in [5.74, 6) is -0.883. The summed E-state index contributed by atoms with van der Waals surface area (Å²) in [6.45, 7) is 0.244. The number of nitrogens with zero attached hydrogens (tertiary/aromatic N) is 5. The molecule has 0 spiro atoms. The molecule has 1 atom stereocenters. The molecule has 2 fully saturated rings. The minimum atomic E-state index is -3.64. The number of carbonyl (C=O) groups excluding carboxylic acids is 2. The van der Waals surface area contributed by atoms with E-state index in [1.54, 1.807) is 0 Å². The quantitative estimate of drug-likeness (QED) is 0.600. The predicted octanol–water partition coefficient (Wildman–Crippen LogP) is -0.330. The molecule has 3 heterocycles. The van der Waals surface area contributed by atoms with E-state index in [0.29, 0.717) is 12.8 Å². The number of aromatic nitrogens is 2. The number of piperidine rings is 1. The van der Waals surface area contributed by atoms with Gasteiger partial charge in [0.05, 0.1) is 12.3 Å². The van der Waals surface area contributed by atoms with E-state index in [4.69, 9.17) is 10.00 Å². The summed E-state index contributed by atoms with van der Waals surface area (Å²) in [4.78, 5) is 32.4. The maximum atomic E-state index is 12.6. The van der Waals surface area contributed by atoms with Crippen LogP contribution in [0.3, 0.4) is 0 Å². The third kappa shape index (κ3) is 4.40. The molecule has 0 radical (unpaired) electrons. The number of likely N-dealkylation sites (tertiary alicyclic amines) is 1. The van der Waals surface area contributed by atoms with Crippen LogP contribution in [0.4, 0.5) is 0 Å². The first kappa shape index (κ1) is 19.2. The molecule has 2 aliphatic rings. The molecule has 144 valence electrons. The van der Waals surface area contributed by atoms with Crippen LogP contribution in [0, 0.1) is 11.3 Å². The van der Waals surface area contributed by atoms with Crippen molar-refractivity contribution >= 4 is 21.8 Å². The highest BCUT2D eigenvalue weighted by molar-refractivity contribution is 7.89. The largest absolute Gasteiger partial charge is 0.471 e. The second-order valence-electron chi connectivity index (χ2n) is 6.32. The van der Waals surface area contributed by atoms with Crippen LogP contribution in [0.1, 0.15) is 31.4 Å². The fourth-order valence-corrected chi connectivity index (χ4v) is 4.53. The van der Waals surface area contributed by atoms with Gasteiger partial charge in [-0.3, -0.25) is 14.5 Å². The lowest BCUT2D eigenvalue weighted by atomic mass is 10.1. The van der Waals surface area contributed by atoms with Crippen molar-refractivity contribution in [2.45, 2.75) is 31.8 Å². The fourth-order valence-electron chi connectivity index (χ4n) is 3.08. The molecule has 0 saturated carbocycles. The van der Waals surface area contributed by atoms with Crippen LogP contribution in [0.2, 0.25) is 0 Å². The van der Waals surface area contributed by atoms with Crippen molar-refractivity contribution in [3.8, 4) is 11.9 Å². The van der Waals surface area contributed by atoms with Crippen molar-refractivity contribution in [1.82, 2.24) is 19.2 Å². The molecule has 0 aliphatic carbocycles. The molecule has 1 aromatic rings. The average Bonchev–Trinajstić information content (AvgIpc) is 3.11. The first-order chi connectivity index (χ1) is 12.9. The zero-order valence-electron chi connectivity index (χ0n) is 14.6. The van der Waals surface area contributed by atoms with Crippen molar-refractivity contribution in [3.63, 3.8) is 0 Å². The van der Waals surface area contributed by atoms with Crippen LogP contribution in [-0.2, 0) is 19.6 Å². The predicted molar refractivity (Wildman–Crippen MR) is 91.7 cm³/mol. The Labute approximate surface area is 156 Å². The molecule has 2 saturated heterocycles. The normalized spacial score (nSPS) is 21.3. The van der Waals surface area contributed by atoms with Crippen molar-refractivity contribution < 1.29 is 22.7 Å². The highest BCUT2D eigenvalue weighted by Crippen LogP contribution is 2.21. The second-order valence-corrected chi connectivity index (χ2v) is 8.41.